The number of hydrogen-bond acceptors (Lipinski definition) is 4. The highest BCUT2D eigenvalue weighted by atomic mass is 127. The van der Waals surface area contributed by atoms with E-state index >= 15 is 0 Å². The topological polar surface area (TPSA) is 79.8 Å². The largest absolute Gasteiger partial charge is 0.490 e. The molecule has 1 fully saturated rings. The highest BCUT2D eigenvalue weighted by Gasteiger charge is 2.18. The standard InChI is InChI=1S/C23H30FN3O3S.HI/c1-25-23(27-15-19-13-20(24)12-11-18(19)16-31(2,28)29)26-14-17-7-3-6-10-22(17)30-21-8-4-5-9-21;/h3,6-7,10-13,21H,4-5,8-9,14-16H2,1-2H3,(H2,25,26,27);1H. The van der Waals surface area contributed by atoms with E-state index in [0.29, 0.717) is 23.6 Å². The van der Waals surface area contributed by atoms with E-state index in [0.717, 1.165) is 24.2 Å². The lowest BCUT2D eigenvalue weighted by Gasteiger charge is -2.18. The molecule has 1 aliphatic carbocycles. The molecule has 0 radical (unpaired) electrons. The Kier molecular flexibility index (Phi) is 10.2. The van der Waals surface area contributed by atoms with Crippen molar-refractivity contribution in [3.8, 4) is 5.75 Å². The third-order valence-electron chi connectivity index (χ3n) is 5.27. The van der Waals surface area contributed by atoms with Crippen molar-refractivity contribution < 1.29 is 17.5 Å². The van der Waals surface area contributed by atoms with Gasteiger partial charge in [-0.3, -0.25) is 4.99 Å². The highest BCUT2D eigenvalue weighted by Crippen LogP contribution is 2.26. The van der Waals surface area contributed by atoms with Crippen molar-refractivity contribution in [2.45, 2.75) is 50.6 Å². The van der Waals surface area contributed by atoms with E-state index in [1.807, 2.05) is 24.3 Å². The molecule has 2 N–H and O–H groups in total. The molecule has 0 aromatic heterocycles. The minimum Gasteiger partial charge on any atom is -0.490 e. The lowest BCUT2D eigenvalue weighted by molar-refractivity contribution is 0.208. The van der Waals surface area contributed by atoms with E-state index in [1.165, 1.54) is 37.3 Å². The second-order valence-electron chi connectivity index (χ2n) is 7.89. The van der Waals surface area contributed by atoms with Gasteiger partial charge >= 0.3 is 0 Å². The Morgan fingerprint density at radius 2 is 1.72 bits per heavy atom. The maximum Gasteiger partial charge on any atom is 0.191 e. The fourth-order valence-corrected chi connectivity index (χ4v) is 4.56. The number of para-hydroxylation sites is 1. The van der Waals surface area contributed by atoms with Gasteiger partial charge in [-0.25, -0.2) is 12.8 Å². The summed E-state index contributed by atoms with van der Waals surface area (Å²) in [6.07, 6.45) is 6.05. The first-order valence-electron chi connectivity index (χ1n) is 10.5. The van der Waals surface area contributed by atoms with Crippen molar-refractivity contribution in [2.24, 2.45) is 4.99 Å². The maximum atomic E-state index is 13.7. The lowest BCUT2D eigenvalue weighted by atomic mass is 10.1. The molecule has 0 amide bonds. The molecule has 6 nitrogen and oxygen atoms in total. The summed E-state index contributed by atoms with van der Waals surface area (Å²) in [5.74, 6) is 0.862. The number of guanidine groups is 1. The molecule has 0 aliphatic heterocycles. The van der Waals surface area contributed by atoms with Crippen LogP contribution in [-0.2, 0) is 28.7 Å². The van der Waals surface area contributed by atoms with Gasteiger partial charge in [-0.05, 0) is 55.0 Å². The summed E-state index contributed by atoms with van der Waals surface area (Å²) in [5, 5.41) is 6.39. The molecule has 0 heterocycles. The van der Waals surface area contributed by atoms with E-state index in [9.17, 15) is 12.8 Å². The quantitative estimate of drug-likeness (QED) is 0.281. The van der Waals surface area contributed by atoms with Crippen LogP contribution >= 0.6 is 24.0 Å². The van der Waals surface area contributed by atoms with Gasteiger partial charge in [0.1, 0.15) is 11.6 Å². The summed E-state index contributed by atoms with van der Waals surface area (Å²) in [4.78, 5) is 4.22. The number of halogens is 2. The van der Waals surface area contributed by atoms with Crippen LogP contribution in [0.15, 0.2) is 47.5 Å². The molecule has 32 heavy (non-hydrogen) atoms. The first kappa shape index (κ1) is 26.4. The van der Waals surface area contributed by atoms with Crippen LogP contribution in [0.25, 0.3) is 0 Å². The second kappa shape index (κ2) is 12.4. The molecule has 0 spiro atoms. The normalized spacial score (nSPS) is 14.7. The first-order chi connectivity index (χ1) is 14.8. The van der Waals surface area contributed by atoms with Gasteiger partial charge in [0, 0.05) is 32.0 Å². The Bertz CT molecular complexity index is 1020. The number of sulfone groups is 1. The number of nitrogens with zero attached hydrogens (tertiary/aromatic N) is 1. The van der Waals surface area contributed by atoms with Gasteiger partial charge in [0.15, 0.2) is 15.8 Å². The molecule has 3 rings (SSSR count). The summed E-state index contributed by atoms with van der Waals surface area (Å²) < 4.78 is 43.3. The van der Waals surface area contributed by atoms with Crippen LogP contribution in [-0.4, -0.2) is 33.8 Å². The fourth-order valence-electron chi connectivity index (χ4n) is 3.71. The van der Waals surface area contributed by atoms with E-state index in [4.69, 9.17) is 4.74 Å². The third kappa shape index (κ3) is 8.23. The number of benzene rings is 2. The zero-order valence-electron chi connectivity index (χ0n) is 18.4. The van der Waals surface area contributed by atoms with Crippen molar-refractivity contribution in [3.05, 3.63) is 65.0 Å². The summed E-state index contributed by atoms with van der Waals surface area (Å²) in [5.41, 5.74) is 2.18. The minimum absolute atomic E-state index is 0. The predicted octanol–water partition coefficient (Wildman–Crippen LogP) is 4.17. The number of hydrogen-bond donors (Lipinski definition) is 2. The van der Waals surface area contributed by atoms with Crippen molar-refractivity contribution in [3.63, 3.8) is 0 Å². The average molecular weight is 575 g/mol. The molecule has 0 unspecified atom stereocenters. The monoisotopic (exact) mass is 575 g/mol. The van der Waals surface area contributed by atoms with Crippen LogP contribution in [0.3, 0.4) is 0 Å². The third-order valence-corrected chi connectivity index (χ3v) is 6.11. The van der Waals surface area contributed by atoms with Gasteiger partial charge < -0.3 is 15.4 Å². The number of ether oxygens (including phenoxy) is 1. The van der Waals surface area contributed by atoms with Gasteiger partial charge in [0.05, 0.1) is 11.9 Å². The summed E-state index contributed by atoms with van der Waals surface area (Å²) in [6.45, 7) is 0.768. The van der Waals surface area contributed by atoms with Gasteiger partial charge in [0.2, 0.25) is 0 Å². The van der Waals surface area contributed by atoms with Crippen LogP contribution in [0, 0.1) is 5.82 Å². The zero-order valence-corrected chi connectivity index (χ0v) is 21.6. The predicted molar refractivity (Wildman–Crippen MR) is 137 cm³/mol. The van der Waals surface area contributed by atoms with Gasteiger partial charge in [-0.15, -0.1) is 24.0 Å². The average Bonchev–Trinajstić information content (AvgIpc) is 3.23. The Hall–Kier alpha value is -1.88. The van der Waals surface area contributed by atoms with Crippen molar-refractivity contribution >= 4 is 39.8 Å². The van der Waals surface area contributed by atoms with Crippen molar-refractivity contribution in [1.29, 1.82) is 0 Å². The van der Waals surface area contributed by atoms with Gasteiger partial charge in [-0.1, -0.05) is 24.3 Å². The highest BCUT2D eigenvalue weighted by molar-refractivity contribution is 14.0. The van der Waals surface area contributed by atoms with E-state index in [1.54, 1.807) is 7.05 Å². The molecule has 0 saturated heterocycles. The Morgan fingerprint density at radius 1 is 1.06 bits per heavy atom. The van der Waals surface area contributed by atoms with Gasteiger partial charge in [0.25, 0.3) is 0 Å². The molecule has 2 aromatic carbocycles. The SMILES string of the molecule is CN=C(NCc1cc(F)ccc1CS(C)(=O)=O)NCc1ccccc1OC1CCCC1.I. The van der Waals surface area contributed by atoms with E-state index in [-0.39, 0.29) is 42.4 Å². The smallest absolute Gasteiger partial charge is 0.191 e. The summed E-state index contributed by atoms with van der Waals surface area (Å²) in [7, 11) is -1.58. The molecule has 1 aliphatic rings. The minimum atomic E-state index is -3.23. The number of aliphatic imine (C=N–C) groups is 1. The molecular formula is C23H31FIN3O3S. The molecule has 2 aromatic rings. The number of rotatable bonds is 8. The Labute approximate surface area is 207 Å². The first-order valence-corrected chi connectivity index (χ1v) is 12.5. The van der Waals surface area contributed by atoms with E-state index < -0.39 is 15.7 Å². The molecule has 9 heteroatoms. The van der Waals surface area contributed by atoms with Gasteiger partial charge in [-0.2, -0.15) is 0 Å². The molecular weight excluding hydrogens is 544 g/mol. The van der Waals surface area contributed by atoms with Crippen molar-refractivity contribution in [1.82, 2.24) is 10.6 Å². The molecule has 0 bridgehead atoms. The molecule has 0 atom stereocenters. The van der Waals surface area contributed by atoms with Crippen LogP contribution < -0.4 is 15.4 Å². The fraction of sp³-hybridized carbons (Fsp3) is 0.435. The van der Waals surface area contributed by atoms with E-state index in [2.05, 4.69) is 15.6 Å². The Morgan fingerprint density at radius 3 is 2.38 bits per heavy atom. The zero-order chi connectivity index (χ0) is 22.3. The maximum absolute atomic E-state index is 13.7. The number of nitrogens with one attached hydrogen (secondary N) is 2. The molecule has 176 valence electrons. The second-order valence-corrected chi connectivity index (χ2v) is 10.0. The van der Waals surface area contributed by atoms with Crippen LogP contribution in [0.1, 0.15) is 42.4 Å². The van der Waals surface area contributed by atoms with Crippen molar-refractivity contribution in [2.75, 3.05) is 13.3 Å². The van der Waals surface area contributed by atoms with Crippen LogP contribution in [0.4, 0.5) is 4.39 Å². The Balaban J connectivity index is 0.00000363. The van der Waals surface area contributed by atoms with Crippen LogP contribution in [0.2, 0.25) is 0 Å². The van der Waals surface area contributed by atoms with Crippen LogP contribution in [0.5, 0.6) is 5.75 Å². The molecule has 1 saturated carbocycles. The summed E-state index contributed by atoms with van der Waals surface area (Å²) in [6, 6.07) is 12.1. The lowest BCUT2D eigenvalue weighted by Crippen LogP contribution is -2.36. The summed E-state index contributed by atoms with van der Waals surface area (Å²) >= 11 is 0.